The van der Waals surface area contributed by atoms with Crippen LogP contribution in [-0.2, 0) is 9.53 Å². The highest BCUT2D eigenvalue weighted by Crippen LogP contribution is 2.28. The minimum Gasteiger partial charge on any atom is -0.480 e. The molecule has 3 rings (SSSR count). The van der Waals surface area contributed by atoms with E-state index in [0.717, 1.165) is 24.0 Å². The number of carbonyl (C=O) groups is 3. The van der Waals surface area contributed by atoms with E-state index in [1.54, 1.807) is 25.7 Å². The smallest absolute Gasteiger partial charge is 0.407 e. The molecule has 1 saturated heterocycles. The molecule has 2 aromatic rings. The molecule has 8 nitrogen and oxygen atoms in total. The van der Waals surface area contributed by atoms with E-state index in [0.29, 0.717) is 19.0 Å². The average Bonchev–Trinajstić information content (AvgIpc) is 2.85. The normalized spacial score (nSPS) is 14.7. The number of nitrogens with one attached hydrogen (secondary N) is 2. The van der Waals surface area contributed by atoms with Gasteiger partial charge in [-0.3, -0.25) is 0 Å². The van der Waals surface area contributed by atoms with Crippen LogP contribution in [0.15, 0.2) is 54.6 Å². The van der Waals surface area contributed by atoms with E-state index < -0.39 is 29.7 Å². The zero-order valence-electron chi connectivity index (χ0n) is 20.9. The summed E-state index contributed by atoms with van der Waals surface area (Å²) in [7, 11) is 0. The van der Waals surface area contributed by atoms with Crippen LogP contribution in [-0.4, -0.2) is 59.4 Å². The molecule has 0 aromatic heterocycles. The summed E-state index contributed by atoms with van der Waals surface area (Å²) in [6.07, 6.45) is 0.813. The van der Waals surface area contributed by atoms with Crippen LogP contribution in [0.5, 0.6) is 0 Å². The Bertz CT molecular complexity index is 1110. The number of rotatable bonds is 5. The van der Waals surface area contributed by atoms with E-state index in [-0.39, 0.29) is 6.54 Å². The van der Waals surface area contributed by atoms with Crippen LogP contribution in [0.3, 0.4) is 0 Å². The molecule has 0 saturated carbocycles. The zero-order chi connectivity index (χ0) is 26.1. The first-order valence-corrected chi connectivity index (χ1v) is 12.0. The molecule has 0 radical (unpaired) electrons. The van der Waals surface area contributed by atoms with E-state index in [2.05, 4.69) is 34.6 Å². The second-order valence-corrected chi connectivity index (χ2v) is 9.72. The quantitative estimate of drug-likeness (QED) is 0.549. The van der Waals surface area contributed by atoms with E-state index in [9.17, 15) is 19.5 Å². The molecule has 1 aliphatic heterocycles. The van der Waals surface area contributed by atoms with Gasteiger partial charge in [-0.05, 0) is 69.4 Å². The van der Waals surface area contributed by atoms with Crippen molar-refractivity contribution in [2.45, 2.75) is 51.2 Å². The average molecular weight is 492 g/mol. The SMILES string of the molecule is CC(C)(C)OC(=O)NC[C@H](NC(=O)N1CCC(c2ccc(C#Cc3ccccc3)cc2)CC1)C(=O)O. The number of hydrogen-bond donors (Lipinski definition) is 3. The number of nitrogens with zero attached hydrogens (tertiary/aromatic N) is 1. The van der Waals surface area contributed by atoms with Crippen molar-refractivity contribution < 1.29 is 24.2 Å². The Balaban J connectivity index is 1.48. The highest BCUT2D eigenvalue weighted by Gasteiger charge is 2.28. The molecule has 1 atom stereocenters. The van der Waals surface area contributed by atoms with Crippen LogP contribution in [0.2, 0.25) is 0 Å². The van der Waals surface area contributed by atoms with Gasteiger partial charge in [0.25, 0.3) is 0 Å². The summed E-state index contributed by atoms with van der Waals surface area (Å²) < 4.78 is 5.11. The maximum Gasteiger partial charge on any atom is 0.407 e. The Morgan fingerprint density at radius 2 is 1.58 bits per heavy atom. The first-order chi connectivity index (χ1) is 17.1. The summed E-state index contributed by atoms with van der Waals surface area (Å²) in [4.78, 5) is 37.6. The number of benzene rings is 2. The van der Waals surface area contributed by atoms with Crippen LogP contribution < -0.4 is 10.6 Å². The van der Waals surface area contributed by atoms with Crippen molar-refractivity contribution in [2.24, 2.45) is 0 Å². The molecule has 36 heavy (non-hydrogen) atoms. The summed E-state index contributed by atoms with van der Waals surface area (Å²) in [6, 6.07) is 16.3. The highest BCUT2D eigenvalue weighted by atomic mass is 16.6. The monoisotopic (exact) mass is 491 g/mol. The molecule has 3 N–H and O–H groups in total. The summed E-state index contributed by atoms with van der Waals surface area (Å²) in [6.45, 7) is 5.88. The molecule has 0 aliphatic carbocycles. The molecule has 8 heteroatoms. The van der Waals surface area contributed by atoms with Crippen LogP contribution >= 0.6 is 0 Å². The number of piperidine rings is 1. The first-order valence-electron chi connectivity index (χ1n) is 12.0. The van der Waals surface area contributed by atoms with Crippen LogP contribution in [0.1, 0.15) is 56.2 Å². The van der Waals surface area contributed by atoms with Gasteiger partial charge >= 0.3 is 18.1 Å². The van der Waals surface area contributed by atoms with Crippen molar-refractivity contribution in [1.82, 2.24) is 15.5 Å². The van der Waals surface area contributed by atoms with Crippen LogP contribution in [0.4, 0.5) is 9.59 Å². The van der Waals surface area contributed by atoms with E-state index in [4.69, 9.17) is 4.74 Å². The van der Waals surface area contributed by atoms with Gasteiger partial charge in [0.05, 0.1) is 6.54 Å². The molecule has 2 aromatic carbocycles. The Hall–Kier alpha value is -3.99. The standard InChI is InChI=1S/C28H33N3O5/c1-28(2,3)36-27(35)29-19-24(25(32)33)30-26(34)31-17-15-23(16-18-31)22-13-11-21(12-14-22)10-9-20-7-5-4-6-8-20/h4-8,11-14,23-24H,15-19H2,1-3H3,(H,29,35)(H,30,34)(H,32,33)/t24-/m0/s1. The zero-order valence-corrected chi connectivity index (χ0v) is 20.9. The van der Waals surface area contributed by atoms with E-state index >= 15 is 0 Å². The number of ether oxygens (including phenoxy) is 1. The van der Waals surface area contributed by atoms with Crippen LogP contribution in [0, 0.1) is 11.8 Å². The number of carbonyl (C=O) groups excluding carboxylic acids is 2. The van der Waals surface area contributed by atoms with Crippen molar-refractivity contribution >= 4 is 18.1 Å². The highest BCUT2D eigenvalue weighted by molar-refractivity contribution is 5.83. The maximum atomic E-state index is 12.7. The molecule has 1 fully saturated rings. The molecular weight excluding hydrogens is 458 g/mol. The lowest BCUT2D eigenvalue weighted by Gasteiger charge is -2.33. The van der Waals surface area contributed by atoms with Gasteiger partial charge in [-0.15, -0.1) is 0 Å². The van der Waals surface area contributed by atoms with Gasteiger partial charge in [0, 0.05) is 24.2 Å². The lowest BCUT2D eigenvalue weighted by molar-refractivity contribution is -0.139. The first kappa shape index (κ1) is 26.6. The van der Waals surface area contributed by atoms with E-state index in [1.807, 2.05) is 42.5 Å². The Labute approximate surface area is 212 Å². The third-order valence-corrected chi connectivity index (χ3v) is 5.73. The third kappa shape index (κ3) is 8.35. The molecule has 3 amide bonds. The molecule has 1 heterocycles. The predicted octanol–water partition coefficient (Wildman–Crippen LogP) is 3.95. The Morgan fingerprint density at radius 3 is 2.14 bits per heavy atom. The number of urea groups is 1. The van der Waals surface area contributed by atoms with Crippen molar-refractivity contribution in [3.63, 3.8) is 0 Å². The van der Waals surface area contributed by atoms with Gasteiger partial charge in [-0.25, -0.2) is 14.4 Å². The largest absolute Gasteiger partial charge is 0.480 e. The second-order valence-electron chi connectivity index (χ2n) is 9.72. The Morgan fingerprint density at radius 1 is 1.00 bits per heavy atom. The van der Waals surface area contributed by atoms with Crippen molar-refractivity contribution in [3.8, 4) is 11.8 Å². The minimum absolute atomic E-state index is 0.272. The number of aliphatic carboxylic acids is 1. The van der Waals surface area contributed by atoms with Crippen LogP contribution in [0.25, 0.3) is 0 Å². The number of hydrogen-bond acceptors (Lipinski definition) is 4. The summed E-state index contributed by atoms with van der Waals surface area (Å²) in [5.41, 5.74) is 2.41. The van der Waals surface area contributed by atoms with Gasteiger partial charge in [-0.2, -0.15) is 0 Å². The third-order valence-electron chi connectivity index (χ3n) is 5.73. The fraction of sp³-hybridized carbons (Fsp3) is 0.393. The van der Waals surface area contributed by atoms with Gasteiger partial charge in [0.15, 0.2) is 0 Å². The van der Waals surface area contributed by atoms with Gasteiger partial charge in [0.2, 0.25) is 0 Å². The molecule has 190 valence electrons. The van der Waals surface area contributed by atoms with Gasteiger partial charge in [0.1, 0.15) is 11.6 Å². The number of amides is 3. The Kier molecular flexibility index (Phi) is 8.96. The summed E-state index contributed by atoms with van der Waals surface area (Å²) in [5.74, 6) is 5.41. The lowest BCUT2D eigenvalue weighted by atomic mass is 9.89. The molecule has 0 unspecified atom stereocenters. The van der Waals surface area contributed by atoms with Crippen molar-refractivity contribution in [3.05, 3.63) is 71.3 Å². The molecule has 1 aliphatic rings. The van der Waals surface area contributed by atoms with Gasteiger partial charge in [-0.1, -0.05) is 42.2 Å². The number of alkyl carbamates (subject to hydrolysis) is 1. The summed E-state index contributed by atoms with van der Waals surface area (Å²) in [5, 5.41) is 14.3. The fourth-order valence-electron chi connectivity index (χ4n) is 3.86. The second kappa shape index (κ2) is 12.1. The lowest BCUT2D eigenvalue weighted by Crippen LogP contribution is -2.54. The molecular formula is C28H33N3O5. The number of carboxylic acid groups (broad SMARTS) is 1. The van der Waals surface area contributed by atoms with Gasteiger partial charge < -0.3 is 25.4 Å². The van der Waals surface area contributed by atoms with Crippen molar-refractivity contribution in [2.75, 3.05) is 19.6 Å². The molecule has 0 bridgehead atoms. The summed E-state index contributed by atoms with van der Waals surface area (Å²) >= 11 is 0. The topological polar surface area (TPSA) is 108 Å². The number of carboxylic acids is 1. The fourth-order valence-corrected chi connectivity index (χ4v) is 3.86. The van der Waals surface area contributed by atoms with E-state index in [1.165, 1.54) is 5.56 Å². The minimum atomic E-state index is -1.26. The number of likely N-dealkylation sites (tertiary alicyclic amines) is 1. The molecule has 0 spiro atoms. The maximum absolute atomic E-state index is 12.7. The van der Waals surface area contributed by atoms with Crippen molar-refractivity contribution in [1.29, 1.82) is 0 Å². The predicted molar refractivity (Wildman–Crippen MR) is 137 cm³/mol.